The number of carbonyl (C=O) groups excluding carboxylic acids is 1. The molecule has 0 aliphatic rings. The first kappa shape index (κ1) is 21.1. The molecule has 2 heterocycles. The molecule has 0 atom stereocenters. The summed E-state index contributed by atoms with van der Waals surface area (Å²) in [5.74, 6) is 0.350. The molecular weight excluding hydrogens is 427 g/mol. The Balaban J connectivity index is 1.91. The zero-order valence-electron chi connectivity index (χ0n) is 16.5. The number of hydrogen-bond donors (Lipinski definition) is 2. The van der Waals surface area contributed by atoms with E-state index in [2.05, 4.69) is 20.3 Å². The van der Waals surface area contributed by atoms with Crippen molar-refractivity contribution in [3.05, 3.63) is 70.1 Å². The Morgan fingerprint density at radius 3 is 2.66 bits per heavy atom. The van der Waals surface area contributed by atoms with Crippen LogP contribution in [0.4, 0.5) is 19.0 Å². The minimum atomic E-state index is -4.56. The molecule has 8 nitrogen and oxygen atoms in total. The van der Waals surface area contributed by atoms with Gasteiger partial charge in [-0.1, -0.05) is 30.3 Å². The zero-order chi connectivity index (χ0) is 22.9. The van der Waals surface area contributed by atoms with Crippen LogP contribution in [-0.2, 0) is 17.5 Å². The number of hydrogen-bond acceptors (Lipinski definition) is 5. The fraction of sp³-hybridized carbons (Fsp3) is 0.143. The maximum atomic E-state index is 13.2. The summed E-state index contributed by atoms with van der Waals surface area (Å²) in [5.41, 5.74) is -0.474. The standard InChI is InChI=1S/C21H15F3N5O3/c1-32-15-8-3-2-5-13(15)10-29-19-16(26-20(29)31)18(25-11-30)27-17(28-19)12-6-4-7-14(9-12)21(22,23)24/h2-9H,10H2,1H3,(H,26,31)(H,25,27,28,30). The van der Waals surface area contributed by atoms with Gasteiger partial charge in [-0.15, -0.1) is 0 Å². The van der Waals surface area contributed by atoms with Crippen LogP contribution in [0, 0.1) is 0 Å². The molecular formula is C21H15F3N5O3. The SMILES string of the molecule is COc1ccccc1Cn1c(=O)[nH]c2c(N[C]=O)nc(-c3cccc(C(F)(F)F)c3)nc21. The van der Waals surface area contributed by atoms with E-state index in [1.165, 1.54) is 30.2 Å². The molecule has 0 aliphatic carbocycles. The zero-order valence-corrected chi connectivity index (χ0v) is 16.5. The molecule has 163 valence electrons. The highest BCUT2D eigenvalue weighted by Crippen LogP contribution is 2.32. The van der Waals surface area contributed by atoms with Gasteiger partial charge >= 0.3 is 18.3 Å². The summed E-state index contributed by atoms with van der Waals surface area (Å²) in [4.78, 5) is 34.6. The van der Waals surface area contributed by atoms with Crippen LogP contribution in [0.2, 0.25) is 0 Å². The van der Waals surface area contributed by atoms with Crippen LogP contribution in [0.25, 0.3) is 22.6 Å². The summed E-state index contributed by atoms with van der Waals surface area (Å²) >= 11 is 0. The predicted octanol–water partition coefficient (Wildman–Crippen LogP) is 3.34. The normalized spacial score (nSPS) is 11.5. The minimum absolute atomic E-state index is 0.0616. The molecule has 0 saturated carbocycles. The van der Waals surface area contributed by atoms with Gasteiger partial charge in [0.2, 0.25) is 0 Å². The third-order valence-electron chi connectivity index (χ3n) is 4.76. The van der Waals surface area contributed by atoms with Crippen molar-refractivity contribution in [2.45, 2.75) is 12.7 Å². The Morgan fingerprint density at radius 1 is 1.16 bits per heavy atom. The Kier molecular flexibility index (Phi) is 5.39. The summed E-state index contributed by atoms with van der Waals surface area (Å²) in [7, 11) is 1.49. The molecule has 1 amide bonds. The number of para-hydroxylation sites is 1. The van der Waals surface area contributed by atoms with Crippen molar-refractivity contribution in [3.8, 4) is 17.1 Å². The van der Waals surface area contributed by atoms with Crippen LogP contribution in [0.15, 0.2) is 53.3 Å². The Bertz CT molecular complexity index is 1360. The number of halogens is 3. The highest BCUT2D eigenvalue weighted by Gasteiger charge is 2.30. The Hall–Kier alpha value is -4.15. The summed E-state index contributed by atoms with van der Waals surface area (Å²) < 4.78 is 46.1. The molecule has 0 spiro atoms. The first-order valence-corrected chi connectivity index (χ1v) is 9.25. The fourth-order valence-electron chi connectivity index (χ4n) is 3.28. The minimum Gasteiger partial charge on any atom is -0.496 e. The lowest BCUT2D eigenvalue weighted by Crippen LogP contribution is -2.18. The number of methoxy groups -OCH3 is 1. The number of nitrogens with one attached hydrogen (secondary N) is 2. The summed E-state index contributed by atoms with van der Waals surface area (Å²) in [6.07, 6.45) is -3.09. The second-order valence-electron chi connectivity index (χ2n) is 6.73. The van der Waals surface area contributed by atoms with E-state index in [1.54, 1.807) is 24.3 Å². The van der Waals surface area contributed by atoms with Crippen LogP contribution >= 0.6 is 0 Å². The monoisotopic (exact) mass is 442 g/mol. The summed E-state index contributed by atoms with van der Waals surface area (Å²) in [5, 5.41) is 2.25. The largest absolute Gasteiger partial charge is 0.496 e. The van der Waals surface area contributed by atoms with E-state index in [-0.39, 0.29) is 34.9 Å². The van der Waals surface area contributed by atoms with Gasteiger partial charge in [-0.05, 0) is 18.2 Å². The van der Waals surface area contributed by atoms with Crippen molar-refractivity contribution < 1.29 is 22.7 Å². The number of aromatic nitrogens is 4. The smallest absolute Gasteiger partial charge is 0.416 e. The highest BCUT2D eigenvalue weighted by atomic mass is 19.4. The Labute approximate surface area is 178 Å². The van der Waals surface area contributed by atoms with Gasteiger partial charge in [-0.2, -0.15) is 13.2 Å². The van der Waals surface area contributed by atoms with Crippen LogP contribution in [0.3, 0.4) is 0 Å². The molecule has 1 radical (unpaired) electrons. The quantitative estimate of drug-likeness (QED) is 0.446. The lowest BCUT2D eigenvalue weighted by atomic mass is 10.1. The van der Waals surface area contributed by atoms with Crippen molar-refractivity contribution in [2.75, 3.05) is 12.4 Å². The van der Waals surface area contributed by atoms with Crippen molar-refractivity contribution in [1.82, 2.24) is 19.5 Å². The van der Waals surface area contributed by atoms with E-state index < -0.39 is 17.4 Å². The number of anilines is 1. The van der Waals surface area contributed by atoms with E-state index in [1.807, 2.05) is 0 Å². The van der Waals surface area contributed by atoms with Crippen LogP contribution < -0.4 is 15.7 Å². The van der Waals surface area contributed by atoms with Gasteiger partial charge in [0, 0.05) is 11.1 Å². The molecule has 2 aromatic carbocycles. The molecule has 4 rings (SSSR count). The molecule has 2 N–H and O–H groups in total. The van der Waals surface area contributed by atoms with Gasteiger partial charge in [0.15, 0.2) is 17.3 Å². The number of aromatic amines is 1. The predicted molar refractivity (Wildman–Crippen MR) is 110 cm³/mol. The average Bonchev–Trinajstić information content (AvgIpc) is 3.09. The summed E-state index contributed by atoms with van der Waals surface area (Å²) in [6, 6.07) is 11.5. The van der Waals surface area contributed by atoms with Crippen molar-refractivity contribution in [2.24, 2.45) is 0 Å². The molecule has 11 heteroatoms. The maximum absolute atomic E-state index is 13.2. The molecule has 0 unspecified atom stereocenters. The van der Waals surface area contributed by atoms with Gasteiger partial charge in [0.05, 0.1) is 19.2 Å². The molecule has 0 bridgehead atoms. The van der Waals surface area contributed by atoms with Crippen molar-refractivity contribution in [3.63, 3.8) is 0 Å². The second-order valence-corrected chi connectivity index (χ2v) is 6.73. The first-order chi connectivity index (χ1) is 15.3. The van der Waals surface area contributed by atoms with E-state index in [0.29, 0.717) is 11.3 Å². The summed E-state index contributed by atoms with van der Waals surface area (Å²) in [6.45, 7) is 0.0616. The lowest BCUT2D eigenvalue weighted by Gasteiger charge is -2.11. The molecule has 2 aromatic heterocycles. The van der Waals surface area contributed by atoms with Crippen LogP contribution in [-0.4, -0.2) is 33.0 Å². The number of nitrogens with zero attached hydrogens (tertiary/aromatic N) is 3. The fourth-order valence-corrected chi connectivity index (χ4v) is 3.28. The average molecular weight is 442 g/mol. The van der Waals surface area contributed by atoms with E-state index in [4.69, 9.17) is 4.74 Å². The van der Waals surface area contributed by atoms with Crippen LogP contribution in [0.1, 0.15) is 11.1 Å². The van der Waals surface area contributed by atoms with Crippen molar-refractivity contribution in [1.29, 1.82) is 0 Å². The van der Waals surface area contributed by atoms with Crippen molar-refractivity contribution >= 4 is 23.4 Å². The number of H-pyrrole nitrogens is 1. The number of ether oxygens (including phenoxy) is 1. The highest BCUT2D eigenvalue weighted by molar-refractivity contribution is 5.90. The lowest BCUT2D eigenvalue weighted by molar-refractivity contribution is -0.137. The van der Waals surface area contributed by atoms with Gasteiger partial charge in [0.1, 0.15) is 11.3 Å². The second kappa shape index (κ2) is 8.17. The van der Waals surface area contributed by atoms with Gasteiger partial charge in [-0.25, -0.2) is 14.8 Å². The molecule has 0 saturated heterocycles. The number of amides is 1. The maximum Gasteiger partial charge on any atom is 0.416 e. The third-order valence-corrected chi connectivity index (χ3v) is 4.76. The van der Waals surface area contributed by atoms with E-state index in [9.17, 15) is 22.8 Å². The van der Waals surface area contributed by atoms with Gasteiger partial charge in [-0.3, -0.25) is 9.36 Å². The molecule has 32 heavy (non-hydrogen) atoms. The number of benzene rings is 2. The number of rotatable bonds is 6. The third kappa shape index (κ3) is 3.92. The number of alkyl halides is 3. The van der Waals surface area contributed by atoms with E-state index >= 15 is 0 Å². The van der Waals surface area contributed by atoms with Crippen LogP contribution in [0.5, 0.6) is 5.75 Å². The number of imidazole rings is 1. The molecule has 0 aliphatic heterocycles. The Morgan fingerprint density at radius 2 is 1.94 bits per heavy atom. The van der Waals surface area contributed by atoms with E-state index in [0.717, 1.165) is 12.1 Å². The number of fused-ring (bicyclic) bond motifs is 1. The molecule has 4 aromatic rings. The topological polar surface area (TPSA) is 102 Å². The van der Waals surface area contributed by atoms with Gasteiger partial charge < -0.3 is 15.0 Å². The molecule has 0 fully saturated rings. The van der Waals surface area contributed by atoms with Gasteiger partial charge in [0.25, 0.3) is 0 Å². The first-order valence-electron chi connectivity index (χ1n) is 9.25.